The SMILES string of the molecule is CN(C)CCCNC(=O)c1ccc(-c2ccccc2Cl)o1. The third-order valence-corrected chi connectivity index (χ3v) is 3.37. The molecule has 1 N–H and O–H groups in total. The number of carbonyl (C=O) groups excluding carboxylic acids is 1. The van der Waals surface area contributed by atoms with E-state index >= 15 is 0 Å². The topological polar surface area (TPSA) is 45.5 Å². The summed E-state index contributed by atoms with van der Waals surface area (Å²) in [7, 11) is 4.01. The number of nitrogens with one attached hydrogen (secondary N) is 1. The second-order valence-corrected chi connectivity index (χ2v) is 5.46. The van der Waals surface area contributed by atoms with Crippen molar-refractivity contribution in [1.29, 1.82) is 0 Å². The molecular formula is C16H19ClN2O2. The van der Waals surface area contributed by atoms with Gasteiger partial charge in [0.05, 0.1) is 5.02 Å². The Morgan fingerprint density at radius 2 is 2.00 bits per heavy atom. The average Bonchev–Trinajstić information content (AvgIpc) is 2.93. The van der Waals surface area contributed by atoms with Crippen LogP contribution in [0, 0.1) is 0 Å². The normalized spacial score (nSPS) is 10.9. The molecule has 0 unspecified atom stereocenters. The van der Waals surface area contributed by atoms with Crippen molar-refractivity contribution in [3.63, 3.8) is 0 Å². The van der Waals surface area contributed by atoms with E-state index in [9.17, 15) is 4.79 Å². The zero-order chi connectivity index (χ0) is 15.2. The lowest BCUT2D eigenvalue weighted by Crippen LogP contribution is -2.26. The minimum Gasteiger partial charge on any atom is -0.451 e. The maximum atomic E-state index is 12.0. The van der Waals surface area contributed by atoms with E-state index in [4.69, 9.17) is 16.0 Å². The first-order chi connectivity index (χ1) is 10.1. The number of benzene rings is 1. The van der Waals surface area contributed by atoms with Crippen molar-refractivity contribution in [3.05, 3.63) is 47.2 Å². The molecule has 1 aromatic heterocycles. The summed E-state index contributed by atoms with van der Waals surface area (Å²) in [5.74, 6) is 0.695. The molecule has 0 aliphatic carbocycles. The molecule has 0 fully saturated rings. The van der Waals surface area contributed by atoms with Crippen LogP contribution in [0.3, 0.4) is 0 Å². The molecule has 0 spiro atoms. The van der Waals surface area contributed by atoms with Crippen LogP contribution in [0.1, 0.15) is 17.0 Å². The van der Waals surface area contributed by atoms with Crippen LogP contribution in [-0.4, -0.2) is 38.0 Å². The molecule has 2 aromatic rings. The van der Waals surface area contributed by atoms with E-state index in [1.807, 2.05) is 32.3 Å². The van der Waals surface area contributed by atoms with E-state index in [0.717, 1.165) is 18.5 Å². The van der Waals surface area contributed by atoms with Gasteiger partial charge in [-0.2, -0.15) is 0 Å². The third-order valence-electron chi connectivity index (χ3n) is 3.04. The number of hydrogen-bond acceptors (Lipinski definition) is 3. The van der Waals surface area contributed by atoms with Crippen LogP contribution in [0.15, 0.2) is 40.8 Å². The van der Waals surface area contributed by atoms with Crippen LogP contribution < -0.4 is 5.32 Å². The first-order valence-electron chi connectivity index (χ1n) is 6.85. The summed E-state index contributed by atoms with van der Waals surface area (Å²) in [6.07, 6.45) is 0.900. The minimum atomic E-state index is -0.202. The molecule has 21 heavy (non-hydrogen) atoms. The molecule has 1 heterocycles. The summed E-state index contributed by atoms with van der Waals surface area (Å²) in [5, 5.41) is 3.44. The highest BCUT2D eigenvalue weighted by Crippen LogP contribution is 2.28. The number of nitrogens with zero attached hydrogens (tertiary/aromatic N) is 1. The van der Waals surface area contributed by atoms with Crippen molar-refractivity contribution in [2.45, 2.75) is 6.42 Å². The average molecular weight is 307 g/mol. The highest BCUT2D eigenvalue weighted by molar-refractivity contribution is 6.33. The fourth-order valence-electron chi connectivity index (χ4n) is 1.95. The molecule has 0 radical (unpaired) electrons. The predicted molar refractivity (Wildman–Crippen MR) is 84.7 cm³/mol. The number of rotatable bonds is 6. The van der Waals surface area contributed by atoms with E-state index in [0.29, 0.717) is 23.1 Å². The fourth-order valence-corrected chi connectivity index (χ4v) is 2.18. The molecule has 0 saturated heterocycles. The lowest BCUT2D eigenvalue weighted by molar-refractivity contribution is 0.0925. The Balaban J connectivity index is 1.97. The summed E-state index contributed by atoms with van der Waals surface area (Å²) in [5.41, 5.74) is 0.783. The molecule has 0 bridgehead atoms. The van der Waals surface area contributed by atoms with Gasteiger partial charge in [0.2, 0.25) is 0 Å². The Hall–Kier alpha value is -1.78. The fraction of sp³-hybridized carbons (Fsp3) is 0.312. The Morgan fingerprint density at radius 3 is 2.71 bits per heavy atom. The Kier molecular flexibility index (Phi) is 5.42. The summed E-state index contributed by atoms with van der Waals surface area (Å²) < 4.78 is 5.58. The smallest absolute Gasteiger partial charge is 0.287 e. The summed E-state index contributed by atoms with van der Waals surface area (Å²) in [4.78, 5) is 14.0. The largest absolute Gasteiger partial charge is 0.451 e. The molecule has 0 saturated carbocycles. The maximum absolute atomic E-state index is 12.0. The molecule has 0 atom stereocenters. The van der Waals surface area contributed by atoms with Crippen molar-refractivity contribution < 1.29 is 9.21 Å². The van der Waals surface area contributed by atoms with Gasteiger partial charge in [0.15, 0.2) is 5.76 Å². The van der Waals surface area contributed by atoms with Gasteiger partial charge in [-0.15, -0.1) is 0 Å². The van der Waals surface area contributed by atoms with E-state index in [1.54, 1.807) is 18.2 Å². The van der Waals surface area contributed by atoms with Crippen LogP contribution >= 0.6 is 11.6 Å². The molecular weight excluding hydrogens is 288 g/mol. The molecule has 5 heteroatoms. The van der Waals surface area contributed by atoms with Crippen LogP contribution in [-0.2, 0) is 0 Å². The molecule has 1 amide bonds. The summed E-state index contributed by atoms with van der Waals surface area (Å²) >= 11 is 6.11. The molecule has 0 aliphatic rings. The zero-order valence-corrected chi connectivity index (χ0v) is 13.0. The highest BCUT2D eigenvalue weighted by Gasteiger charge is 2.13. The molecule has 1 aromatic carbocycles. The third kappa shape index (κ3) is 4.34. The van der Waals surface area contributed by atoms with Gasteiger partial charge in [-0.1, -0.05) is 23.7 Å². The lowest BCUT2D eigenvalue weighted by Gasteiger charge is -2.09. The van der Waals surface area contributed by atoms with Crippen molar-refractivity contribution in [2.24, 2.45) is 0 Å². The predicted octanol–water partition coefficient (Wildman–Crippen LogP) is 3.28. The van der Waals surface area contributed by atoms with E-state index in [1.165, 1.54) is 0 Å². The van der Waals surface area contributed by atoms with Crippen LogP contribution in [0.4, 0.5) is 0 Å². The number of amides is 1. The van der Waals surface area contributed by atoms with Gasteiger partial charge >= 0.3 is 0 Å². The first kappa shape index (κ1) is 15.6. The monoisotopic (exact) mass is 306 g/mol. The van der Waals surface area contributed by atoms with E-state index in [2.05, 4.69) is 10.2 Å². The van der Waals surface area contributed by atoms with Gasteiger partial charge in [-0.3, -0.25) is 4.79 Å². The van der Waals surface area contributed by atoms with Gasteiger partial charge in [0.1, 0.15) is 5.76 Å². The van der Waals surface area contributed by atoms with Gasteiger partial charge in [-0.25, -0.2) is 0 Å². The minimum absolute atomic E-state index is 0.202. The second-order valence-electron chi connectivity index (χ2n) is 5.06. The van der Waals surface area contributed by atoms with Crippen molar-refractivity contribution in [2.75, 3.05) is 27.2 Å². The van der Waals surface area contributed by atoms with Gasteiger partial charge < -0.3 is 14.6 Å². The Morgan fingerprint density at radius 1 is 1.24 bits per heavy atom. The number of halogens is 1. The van der Waals surface area contributed by atoms with Crippen LogP contribution in [0.2, 0.25) is 5.02 Å². The van der Waals surface area contributed by atoms with Gasteiger partial charge in [-0.05, 0) is 51.3 Å². The standard InChI is InChI=1S/C16H19ClN2O2/c1-19(2)11-5-10-18-16(20)15-9-8-14(21-15)12-6-3-4-7-13(12)17/h3-4,6-9H,5,10-11H2,1-2H3,(H,18,20). The maximum Gasteiger partial charge on any atom is 0.287 e. The summed E-state index contributed by atoms with van der Waals surface area (Å²) in [6.45, 7) is 1.56. The number of hydrogen-bond donors (Lipinski definition) is 1. The molecule has 112 valence electrons. The lowest BCUT2D eigenvalue weighted by atomic mass is 10.2. The van der Waals surface area contributed by atoms with Crippen molar-refractivity contribution in [3.8, 4) is 11.3 Å². The highest BCUT2D eigenvalue weighted by atomic mass is 35.5. The van der Waals surface area contributed by atoms with E-state index in [-0.39, 0.29) is 5.91 Å². The van der Waals surface area contributed by atoms with Crippen LogP contribution in [0.5, 0.6) is 0 Å². The second kappa shape index (κ2) is 7.29. The zero-order valence-electron chi connectivity index (χ0n) is 12.2. The quantitative estimate of drug-likeness (QED) is 0.833. The molecule has 0 aliphatic heterocycles. The first-order valence-corrected chi connectivity index (χ1v) is 7.23. The van der Waals surface area contributed by atoms with Crippen molar-refractivity contribution in [1.82, 2.24) is 10.2 Å². The molecule has 4 nitrogen and oxygen atoms in total. The number of carbonyl (C=O) groups is 1. The van der Waals surface area contributed by atoms with Crippen LogP contribution in [0.25, 0.3) is 11.3 Å². The Bertz CT molecular complexity index is 608. The summed E-state index contributed by atoms with van der Waals surface area (Å²) in [6, 6.07) is 10.8. The number of furan rings is 1. The van der Waals surface area contributed by atoms with Crippen molar-refractivity contribution >= 4 is 17.5 Å². The Labute approximate surface area is 129 Å². The van der Waals surface area contributed by atoms with Gasteiger partial charge in [0.25, 0.3) is 5.91 Å². The van der Waals surface area contributed by atoms with Gasteiger partial charge in [0, 0.05) is 12.1 Å². The van der Waals surface area contributed by atoms with E-state index < -0.39 is 0 Å². The molecule has 2 rings (SSSR count).